The van der Waals surface area contributed by atoms with Crippen molar-refractivity contribution in [1.29, 1.82) is 0 Å². The fourth-order valence-corrected chi connectivity index (χ4v) is 1.76. The summed E-state index contributed by atoms with van der Waals surface area (Å²) >= 11 is 0. The molecule has 0 aliphatic carbocycles. The molecule has 1 atom stereocenters. The van der Waals surface area contributed by atoms with E-state index in [9.17, 15) is 10.2 Å². The highest BCUT2D eigenvalue weighted by Crippen LogP contribution is 2.28. The lowest BCUT2D eigenvalue weighted by molar-refractivity contribution is 0.395. The van der Waals surface area contributed by atoms with E-state index in [1.54, 1.807) is 18.5 Å². The van der Waals surface area contributed by atoms with Gasteiger partial charge in [0.25, 0.3) is 0 Å². The van der Waals surface area contributed by atoms with Crippen molar-refractivity contribution in [3.63, 3.8) is 0 Å². The Morgan fingerprint density at radius 2 is 2.17 bits per heavy atom. The summed E-state index contributed by atoms with van der Waals surface area (Å²) in [7, 11) is 1.87. The third kappa shape index (κ3) is 2.43. The Labute approximate surface area is 105 Å². The Balaban J connectivity index is 2.04. The number of hydrogen-bond donors (Lipinski definition) is 3. The minimum absolute atomic E-state index is 0.000695. The number of aromatic hydroxyl groups is 2. The van der Waals surface area contributed by atoms with Crippen LogP contribution in [-0.4, -0.2) is 25.0 Å². The van der Waals surface area contributed by atoms with E-state index in [0.717, 1.165) is 5.82 Å². The molecule has 1 heterocycles. The van der Waals surface area contributed by atoms with E-state index in [1.165, 1.54) is 6.07 Å². The summed E-state index contributed by atoms with van der Waals surface area (Å²) < 4.78 is 1.83. The number of benzene rings is 1. The van der Waals surface area contributed by atoms with Crippen LogP contribution < -0.4 is 5.32 Å². The van der Waals surface area contributed by atoms with E-state index < -0.39 is 0 Å². The predicted octanol–water partition coefficient (Wildman–Crippen LogP) is 1.08. The first kappa shape index (κ1) is 12.4. The molecule has 0 bridgehead atoms. The van der Waals surface area contributed by atoms with Crippen LogP contribution in [0.25, 0.3) is 0 Å². The van der Waals surface area contributed by atoms with Crippen LogP contribution in [0.1, 0.15) is 24.4 Å². The van der Waals surface area contributed by atoms with Crippen molar-refractivity contribution in [3.05, 3.63) is 35.9 Å². The van der Waals surface area contributed by atoms with Gasteiger partial charge in [0.15, 0.2) is 11.5 Å². The summed E-state index contributed by atoms with van der Waals surface area (Å²) in [5.41, 5.74) is 0.643. The Morgan fingerprint density at radius 3 is 2.83 bits per heavy atom. The molecule has 18 heavy (non-hydrogen) atoms. The van der Waals surface area contributed by atoms with E-state index in [2.05, 4.69) is 15.5 Å². The Bertz CT molecular complexity index is 539. The molecule has 0 aliphatic rings. The van der Waals surface area contributed by atoms with Crippen LogP contribution in [0.4, 0.5) is 0 Å². The van der Waals surface area contributed by atoms with Gasteiger partial charge in [0.1, 0.15) is 12.2 Å². The van der Waals surface area contributed by atoms with Crippen molar-refractivity contribution in [2.75, 3.05) is 0 Å². The highest BCUT2D eigenvalue weighted by Gasteiger charge is 2.12. The van der Waals surface area contributed by atoms with Crippen molar-refractivity contribution in [2.45, 2.75) is 19.5 Å². The summed E-state index contributed by atoms with van der Waals surface area (Å²) in [6.07, 6.45) is 1.64. The summed E-state index contributed by atoms with van der Waals surface area (Å²) in [6, 6.07) is 4.90. The van der Waals surface area contributed by atoms with Gasteiger partial charge >= 0.3 is 0 Å². The molecule has 0 saturated carbocycles. The van der Waals surface area contributed by atoms with Gasteiger partial charge in [0.05, 0.1) is 6.04 Å². The second-order valence-corrected chi connectivity index (χ2v) is 4.19. The number of nitrogens with zero attached hydrogens (tertiary/aromatic N) is 3. The third-order valence-electron chi connectivity index (χ3n) is 2.83. The SMILES string of the molecule is CC(NCc1cccc(O)c1O)c1nncn1C. The maximum Gasteiger partial charge on any atom is 0.161 e. The number of nitrogens with one attached hydrogen (secondary N) is 1. The molecule has 2 aromatic rings. The first-order chi connectivity index (χ1) is 8.59. The molecule has 6 nitrogen and oxygen atoms in total. The maximum atomic E-state index is 9.67. The van der Waals surface area contributed by atoms with Gasteiger partial charge in [-0.15, -0.1) is 10.2 Å². The van der Waals surface area contributed by atoms with Crippen LogP contribution in [-0.2, 0) is 13.6 Å². The number of aryl methyl sites for hydroxylation is 1. The smallest absolute Gasteiger partial charge is 0.161 e. The van der Waals surface area contributed by atoms with E-state index in [4.69, 9.17) is 0 Å². The van der Waals surface area contributed by atoms with Crippen molar-refractivity contribution in [3.8, 4) is 11.5 Å². The van der Waals surface area contributed by atoms with Gasteiger partial charge < -0.3 is 20.1 Å². The zero-order valence-corrected chi connectivity index (χ0v) is 10.3. The number of phenolic OH excluding ortho intramolecular Hbond substituents is 2. The molecule has 0 spiro atoms. The second kappa shape index (κ2) is 5.05. The molecular weight excluding hydrogens is 232 g/mol. The summed E-state index contributed by atoms with van der Waals surface area (Å²) in [5.74, 6) is 0.616. The summed E-state index contributed by atoms with van der Waals surface area (Å²) in [4.78, 5) is 0. The number of para-hydroxylation sites is 1. The molecule has 96 valence electrons. The van der Waals surface area contributed by atoms with Gasteiger partial charge in [-0.25, -0.2) is 0 Å². The lowest BCUT2D eigenvalue weighted by atomic mass is 10.1. The molecule has 3 N–H and O–H groups in total. The minimum Gasteiger partial charge on any atom is -0.504 e. The van der Waals surface area contributed by atoms with Crippen molar-refractivity contribution >= 4 is 0 Å². The zero-order valence-electron chi connectivity index (χ0n) is 10.3. The van der Waals surface area contributed by atoms with Crippen molar-refractivity contribution in [2.24, 2.45) is 7.05 Å². The van der Waals surface area contributed by atoms with Gasteiger partial charge in [-0.2, -0.15) is 0 Å². The Morgan fingerprint density at radius 1 is 1.39 bits per heavy atom. The van der Waals surface area contributed by atoms with Crippen LogP contribution in [0.5, 0.6) is 11.5 Å². The first-order valence-electron chi connectivity index (χ1n) is 5.66. The van der Waals surface area contributed by atoms with Gasteiger partial charge in [-0.3, -0.25) is 0 Å². The van der Waals surface area contributed by atoms with Gasteiger partial charge in [-0.05, 0) is 13.0 Å². The van der Waals surface area contributed by atoms with Crippen LogP contribution >= 0.6 is 0 Å². The monoisotopic (exact) mass is 248 g/mol. The van der Waals surface area contributed by atoms with Gasteiger partial charge in [0.2, 0.25) is 0 Å². The van der Waals surface area contributed by atoms with E-state index in [-0.39, 0.29) is 17.5 Å². The van der Waals surface area contributed by atoms with E-state index in [0.29, 0.717) is 12.1 Å². The molecule has 0 aliphatic heterocycles. The molecule has 0 saturated heterocycles. The van der Waals surface area contributed by atoms with Crippen LogP contribution in [0, 0.1) is 0 Å². The number of phenols is 2. The Hall–Kier alpha value is -2.08. The molecule has 6 heteroatoms. The normalized spacial score (nSPS) is 12.6. The lowest BCUT2D eigenvalue weighted by Gasteiger charge is -2.13. The van der Waals surface area contributed by atoms with E-state index in [1.807, 2.05) is 18.5 Å². The van der Waals surface area contributed by atoms with Crippen LogP contribution in [0.2, 0.25) is 0 Å². The fourth-order valence-electron chi connectivity index (χ4n) is 1.76. The number of rotatable bonds is 4. The number of aromatic nitrogens is 3. The van der Waals surface area contributed by atoms with Crippen molar-refractivity contribution in [1.82, 2.24) is 20.1 Å². The van der Waals surface area contributed by atoms with Crippen LogP contribution in [0.15, 0.2) is 24.5 Å². The minimum atomic E-state index is -0.111. The first-order valence-corrected chi connectivity index (χ1v) is 5.66. The van der Waals surface area contributed by atoms with Crippen LogP contribution in [0.3, 0.4) is 0 Å². The zero-order chi connectivity index (χ0) is 13.1. The highest BCUT2D eigenvalue weighted by atomic mass is 16.3. The Kier molecular flexibility index (Phi) is 3.47. The molecular formula is C12H16N4O2. The summed E-state index contributed by atoms with van der Waals surface area (Å²) in [5, 5.41) is 30.1. The molecule has 2 rings (SSSR count). The standard InChI is InChI=1S/C12H16N4O2/c1-8(12-15-14-7-16(12)2)13-6-9-4-3-5-10(17)11(9)18/h3-5,7-8,13,17-18H,6H2,1-2H3. The quantitative estimate of drug-likeness (QED) is 0.705. The highest BCUT2D eigenvalue weighted by molar-refractivity contribution is 5.44. The molecule has 1 aromatic heterocycles. The van der Waals surface area contributed by atoms with E-state index >= 15 is 0 Å². The predicted molar refractivity (Wildman–Crippen MR) is 66.0 cm³/mol. The molecule has 1 unspecified atom stereocenters. The second-order valence-electron chi connectivity index (χ2n) is 4.19. The maximum absolute atomic E-state index is 9.67. The fraction of sp³-hybridized carbons (Fsp3) is 0.333. The molecule has 0 amide bonds. The average molecular weight is 248 g/mol. The third-order valence-corrected chi connectivity index (χ3v) is 2.83. The lowest BCUT2D eigenvalue weighted by Crippen LogP contribution is -2.21. The largest absolute Gasteiger partial charge is 0.504 e. The van der Waals surface area contributed by atoms with Gasteiger partial charge in [0, 0.05) is 19.2 Å². The average Bonchev–Trinajstić information content (AvgIpc) is 2.77. The van der Waals surface area contributed by atoms with Crippen molar-refractivity contribution < 1.29 is 10.2 Å². The summed E-state index contributed by atoms with van der Waals surface area (Å²) in [6.45, 7) is 2.40. The topological polar surface area (TPSA) is 83.2 Å². The molecule has 0 radical (unpaired) electrons. The molecule has 0 fully saturated rings. The number of hydrogen-bond acceptors (Lipinski definition) is 5. The molecule has 1 aromatic carbocycles. The van der Waals surface area contributed by atoms with Gasteiger partial charge in [-0.1, -0.05) is 12.1 Å².